The number of hydrogen-bond donors (Lipinski definition) is 2. The van der Waals surface area contributed by atoms with Crippen molar-refractivity contribution in [1.82, 2.24) is 25.1 Å². The number of carbonyl (C=O) groups is 3. The molecule has 0 saturated carbocycles. The zero-order chi connectivity index (χ0) is 24.8. The minimum Gasteiger partial charge on any atom is -0.333 e. The zero-order valence-corrected chi connectivity index (χ0v) is 20.3. The normalized spacial score (nSPS) is 20.5. The summed E-state index contributed by atoms with van der Waals surface area (Å²) in [7, 11) is 1.99. The highest BCUT2D eigenvalue weighted by Crippen LogP contribution is 2.33. The number of piperidine rings is 2. The Morgan fingerprint density at radius 2 is 1.69 bits per heavy atom. The Labute approximate surface area is 209 Å². The maximum absolute atomic E-state index is 13.0. The van der Waals surface area contributed by atoms with Crippen LogP contribution in [0.2, 0.25) is 0 Å². The molecule has 1 atom stereocenters. The first-order valence-electron chi connectivity index (χ1n) is 12.6. The molecule has 1 unspecified atom stereocenters. The van der Waals surface area contributed by atoms with Crippen LogP contribution in [0.1, 0.15) is 53.1 Å². The van der Waals surface area contributed by atoms with Crippen molar-refractivity contribution in [2.45, 2.75) is 44.2 Å². The van der Waals surface area contributed by atoms with Gasteiger partial charge in [0.05, 0.1) is 5.69 Å². The SMILES string of the molecule is Cn1cc(-c2ccc3c(c2)CN(C2CCC(=O)NC2=O)C3=O)nc1-c1ccc(C2CCNCC2)cc1. The lowest BCUT2D eigenvalue weighted by atomic mass is 9.90. The van der Waals surface area contributed by atoms with Gasteiger partial charge < -0.3 is 14.8 Å². The highest BCUT2D eigenvalue weighted by molar-refractivity contribution is 6.05. The molecule has 0 bridgehead atoms. The fourth-order valence-corrected chi connectivity index (χ4v) is 5.67. The summed E-state index contributed by atoms with van der Waals surface area (Å²) in [6.45, 7) is 2.51. The molecule has 36 heavy (non-hydrogen) atoms. The molecule has 2 saturated heterocycles. The van der Waals surface area contributed by atoms with Crippen molar-refractivity contribution in [1.29, 1.82) is 0 Å². The van der Waals surface area contributed by atoms with Crippen LogP contribution in [0.3, 0.4) is 0 Å². The maximum atomic E-state index is 13.0. The Balaban J connectivity index is 1.23. The number of imidazole rings is 1. The van der Waals surface area contributed by atoms with Gasteiger partial charge in [-0.15, -0.1) is 0 Å². The molecule has 4 heterocycles. The minimum absolute atomic E-state index is 0.165. The average Bonchev–Trinajstić information content (AvgIpc) is 3.44. The van der Waals surface area contributed by atoms with Crippen LogP contribution in [0.15, 0.2) is 48.7 Å². The Bertz CT molecular complexity index is 1350. The van der Waals surface area contributed by atoms with Crippen LogP contribution in [-0.4, -0.2) is 51.3 Å². The summed E-state index contributed by atoms with van der Waals surface area (Å²) in [5, 5.41) is 5.77. The van der Waals surface area contributed by atoms with E-state index in [1.54, 1.807) is 4.90 Å². The zero-order valence-electron chi connectivity index (χ0n) is 20.3. The summed E-state index contributed by atoms with van der Waals surface area (Å²) in [5.41, 5.74) is 5.71. The van der Waals surface area contributed by atoms with Crippen LogP contribution in [0.25, 0.3) is 22.6 Å². The average molecular weight is 484 g/mol. The van der Waals surface area contributed by atoms with Crippen LogP contribution in [0.5, 0.6) is 0 Å². The molecular formula is C28H29N5O3. The van der Waals surface area contributed by atoms with Gasteiger partial charge in [-0.05, 0) is 61.5 Å². The van der Waals surface area contributed by atoms with Gasteiger partial charge in [0.1, 0.15) is 11.9 Å². The number of nitrogens with one attached hydrogen (secondary N) is 2. The Morgan fingerprint density at radius 1 is 0.944 bits per heavy atom. The van der Waals surface area contributed by atoms with E-state index < -0.39 is 11.9 Å². The first-order valence-corrected chi connectivity index (χ1v) is 12.6. The number of nitrogens with zero attached hydrogens (tertiary/aromatic N) is 3. The molecule has 3 aliphatic rings. The molecule has 0 spiro atoms. The number of rotatable bonds is 4. The van der Waals surface area contributed by atoms with Gasteiger partial charge in [0.2, 0.25) is 11.8 Å². The quantitative estimate of drug-likeness (QED) is 0.557. The number of carbonyl (C=O) groups excluding carboxylic acids is 3. The number of amides is 3. The lowest BCUT2D eigenvalue weighted by Gasteiger charge is -2.29. The molecule has 3 aromatic rings. The van der Waals surface area contributed by atoms with E-state index in [2.05, 4.69) is 34.9 Å². The minimum atomic E-state index is -0.611. The van der Waals surface area contributed by atoms with E-state index in [0.717, 1.165) is 41.3 Å². The molecule has 184 valence electrons. The Hall–Kier alpha value is -3.78. The molecule has 2 fully saturated rings. The molecule has 3 aliphatic heterocycles. The molecule has 6 rings (SSSR count). The van der Waals surface area contributed by atoms with Crippen LogP contribution >= 0.6 is 0 Å². The van der Waals surface area contributed by atoms with Crippen molar-refractivity contribution in [3.05, 3.63) is 65.4 Å². The number of benzene rings is 2. The number of imide groups is 1. The summed E-state index contributed by atoms with van der Waals surface area (Å²) >= 11 is 0. The lowest BCUT2D eigenvalue weighted by Crippen LogP contribution is -2.52. The van der Waals surface area contributed by atoms with Gasteiger partial charge in [-0.1, -0.05) is 30.3 Å². The van der Waals surface area contributed by atoms with Crippen LogP contribution in [0, 0.1) is 0 Å². The molecule has 8 heteroatoms. The molecular weight excluding hydrogens is 454 g/mol. The Kier molecular flexibility index (Phi) is 5.68. The predicted molar refractivity (Wildman–Crippen MR) is 135 cm³/mol. The van der Waals surface area contributed by atoms with E-state index >= 15 is 0 Å². The second kappa shape index (κ2) is 9.02. The van der Waals surface area contributed by atoms with Gasteiger partial charge in [0.25, 0.3) is 5.91 Å². The molecule has 1 aromatic heterocycles. The third-order valence-corrected chi connectivity index (χ3v) is 7.68. The molecule has 0 radical (unpaired) electrons. The van der Waals surface area contributed by atoms with Gasteiger partial charge in [0, 0.05) is 42.9 Å². The molecule has 2 aromatic carbocycles. The van der Waals surface area contributed by atoms with Crippen molar-refractivity contribution < 1.29 is 14.4 Å². The van der Waals surface area contributed by atoms with Gasteiger partial charge >= 0.3 is 0 Å². The van der Waals surface area contributed by atoms with E-state index in [1.165, 1.54) is 18.4 Å². The van der Waals surface area contributed by atoms with Crippen LogP contribution in [0.4, 0.5) is 0 Å². The number of hydrogen-bond acceptors (Lipinski definition) is 5. The molecule has 0 aliphatic carbocycles. The largest absolute Gasteiger partial charge is 0.333 e. The first kappa shape index (κ1) is 22.7. The standard InChI is InChI=1S/C28H29N5O3/c1-32-16-23(30-26(32)19-4-2-17(3-5-19)18-10-12-29-13-11-18)20-6-7-22-21(14-20)15-33(28(22)36)24-8-9-25(34)31-27(24)35/h2-7,14,16,18,24,29H,8-13,15H2,1H3,(H,31,34,35). The third kappa shape index (κ3) is 4.01. The highest BCUT2D eigenvalue weighted by Gasteiger charge is 2.39. The summed E-state index contributed by atoms with van der Waals surface area (Å²) in [4.78, 5) is 43.3. The van der Waals surface area contributed by atoms with Crippen molar-refractivity contribution in [2.24, 2.45) is 7.05 Å². The highest BCUT2D eigenvalue weighted by atomic mass is 16.2. The monoisotopic (exact) mass is 483 g/mol. The van der Waals surface area contributed by atoms with E-state index in [0.29, 0.717) is 24.4 Å². The van der Waals surface area contributed by atoms with Gasteiger partial charge in [0.15, 0.2) is 0 Å². The number of aryl methyl sites for hydroxylation is 1. The Morgan fingerprint density at radius 3 is 2.44 bits per heavy atom. The van der Waals surface area contributed by atoms with E-state index in [-0.39, 0.29) is 18.2 Å². The molecule has 2 N–H and O–H groups in total. The fourth-order valence-electron chi connectivity index (χ4n) is 5.67. The molecule has 8 nitrogen and oxygen atoms in total. The summed E-state index contributed by atoms with van der Waals surface area (Å²) < 4.78 is 2.03. The summed E-state index contributed by atoms with van der Waals surface area (Å²) in [6.07, 6.45) is 4.96. The van der Waals surface area contributed by atoms with E-state index in [9.17, 15) is 14.4 Å². The fraction of sp³-hybridized carbons (Fsp3) is 0.357. The summed E-state index contributed by atoms with van der Waals surface area (Å²) in [5.74, 6) is 0.666. The van der Waals surface area contributed by atoms with Gasteiger partial charge in [-0.3, -0.25) is 19.7 Å². The predicted octanol–water partition coefficient (Wildman–Crippen LogP) is 2.98. The lowest BCUT2D eigenvalue weighted by molar-refractivity contribution is -0.136. The van der Waals surface area contributed by atoms with E-state index in [4.69, 9.17) is 4.98 Å². The van der Waals surface area contributed by atoms with Crippen LogP contribution in [-0.2, 0) is 23.2 Å². The number of aromatic nitrogens is 2. The maximum Gasteiger partial charge on any atom is 0.255 e. The molecule has 3 amide bonds. The second-order valence-electron chi connectivity index (χ2n) is 9.98. The third-order valence-electron chi connectivity index (χ3n) is 7.68. The van der Waals surface area contributed by atoms with Crippen molar-refractivity contribution in [2.75, 3.05) is 13.1 Å². The van der Waals surface area contributed by atoms with Crippen molar-refractivity contribution in [3.8, 4) is 22.6 Å². The topological polar surface area (TPSA) is 96.3 Å². The first-order chi connectivity index (χ1) is 17.5. The van der Waals surface area contributed by atoms with Gasteiger partial charge in [-0.2, -0.15) is 0 Å². The van der Waals surface area contributed by atoms with Crippen molar-refractivity contribution >= 4 is 17.7 Å². The van der Waals surface area contributed by atoms with Gasteiger partial charge in [-0.25, -0.2) is 4.98 Å². The van der Waals surface area contributed by atoms with E-state index in [1.807, 2.05) is 36.0 Å². The van der Waals surface area contributed by atoms with Crippen LogP contribution < -0.4 is 10.6 Å². The second-order valence-corrected chi connectivity index (χ2v) is 9.98. The number of fused-ring (bicyclic) bond motifs is 1. The smallest absolute Gasteiger partial charge is 0.255 e. The van der Waals surface area contributed by atoms with Crippen molar-refractivity contribution in [3.63, 3.8) is 0 Å². The summed E-state index contributed by atoms with van der Waals surface area (Å²) in [6, 6.07) is 13.9.